The Hall–Kier alpha value is -3.26. The second-order valence-corrected chi connectivity index (χ2v) is 6.61. The van der Waals surface area contributed by atoms with Crippen LogP contribution < -0.4 is 4.90 Å². The summed E-state index contributed by atoms with van der Waals surface area (Å²) in [6, 6.07) is 8.46. The monoisotopic (exact) mass is 402 g/mol. The normalized spacial score (nSPS) is 10.7. The Bertz CT molecular complexity index is 1050. The van der Waals surface area contributed by atoms with E-state index >= 15 is 0 Å². The van der Waals surface area contributed by atoms with Gasteiger partial charge in [0.2, 0.25) is 5.78 Å². The van der Waals surface area contributed by atoms with E-state index in [1.54, 1.807) is 26.4 Å². The van der Waals surface area contributed by atoms with E-state index in [9.17, 15) is 19.3 Å². The van der Waals surface area contributed by atoms with Crippen LogP contribution in [-0.4, -0.2) is 27.3 Å². The van der Waals surface area contributed by atoms with E-state index in [0.717, 1.165) is 0 Å². The summed E-state index contributed by atoms with van der Waals surface area (Å²) in [5.41, 5.74) is 0.340. The fourth-order valence-electron chi connectivity index (χ4n) is 2.85. The van der Waals surface area contributed by atoms with Crippen molar-refractivity contribution in [3.8, 4) is 0 Å². The topological polar surface area (TPSA) is 81.3 Å². The van der Waals surface area contributed by atoms with Gasteiger partial charge >= 0.3 is 0 Å². The first-order valence-electron chi connectivity index (χ1n) is 8.24. The highest BCUT2D eigenvalue weighted by Crippen LogP contribution is 2.31. The third-order valence-corrected chi connectivity index (χ3v) is 4.68. The summed E-state index contributed by atoms with van der Waals surface area (Å²) >= 11 is 6.05. The van der Waals surface area contributed by atoms with E-state index in [2.05, 4.69) is 4.98 Å². The standard InChI is InChI=1S/C19H16ClFN4O3/c1-23-9-8-22-19(23)18(26)12-6-7-16(17(10-12)25(27)28)24(2)11-13-14(20)4-3-5-15(13)21/h3-10H,11H2,1-2H3. The highest BCUT2D eigenvalue weighted by Gasteiger charge is 2.23. The maximum absolute atomic E-state index is 14.1. The lowest BCUT2D eigenvalue weighted by molar-refractivity contribution is -0.384. The summed E-state index contributed by atoms with van der Waals surface area (Å²) in [7, 11) is 3.25. The zero-order valence-electron chi connectivity index (χ0n) is 15.1. The van der Waals surface area contributed by atoms with Crippen molar-refractivity contribution in [2.24, 2.45) is 7.05 Å². The van der Waals surface area contributed by atoms with E-state index in [1.165, 1.54) is 46.0 Å². The lowest BCUT2D eigenvalue weighted by Crippen LogP contribution is -2.19. The van der Waals surface area contributed by atoms with Gasteiger partial charge in [-0.2, -0.15) is 0 Å². The van der Waals surface area contributed by atoms with Gasteiger partial charge in [-0.25, -0.2) is 9.37 Å². The van der Waals surface area contributed by atoms with Crippen LogP contribution >= 0.6 is 11.6 Å². The number of nitrogens with zero attached hydrogens (tertiary/aromatic N) is 4. The molecule has 0 aliphatic rings. The van der Waals surface area contributed by atoms with Gasteiger partial charge in [-0.05, 0) is 24.3 Å². The number of aromatic nitrogens is 2. The second kappa shape index (κ2) is 7.77. The molecule has 28 heavy (non-hydrogen) atoms. The third kappa shape index (κ3) is 3.72. The molecular weight excluding hydrogens is 387 g/mol. The Morgan fingerprint density at radius 2 is 2.11 bits per heavy atom. The quantitative estimate of drug-likeness (QED) is 0.354. The lowest BCUT2D eigenvalue weighted by atomic mass is 10.1. The summed E-state index contributed by atoms with van der Waals surface area (Å²) < 4.78 is 15.6. The number of hydrogen-bond acceptors (Lipinski definition) is 5. The minimum absolute atomic E-state index is 0.0268. The number of nitro groups is 1. The van der Waals surface area contributed by atoms with Crippen LogP contribution in [0.15, 0.2) is 48.8 Å². The number of ketones is 1. The molecule has 0 aliphatic carbocycles. The highest BCUT2D eigenvalue weighted by molar-refractivity contribution is 6.31. The molecule has 1 aromatic heterocycles. The molecular formula is C19H16ClFN4O3. The number of carbonyl (C=O) groups is 1. The third-order valence-electron chi connectivity index (χ3n) is 4.33. The van der Waals surface area contributed by atoms with Crippen molar-refractivity contribution in [3.05, 3.63) is 86.7 Å². The SMILES string of the molecule is CN(Cc1c(F)cccc1Cl)c1ccc(C(=O)c2nccn2C)cc1[N+](=O)[O-]. The van der Waals surface area contributed by atoms with Gasteiger partial charge in [-0.15, -0.1) is 0 Å². The van der Waals surface area contributed by atoms with E-state index < -0.39 is 16.5 Å². The van der Waals surface area contributed by atoms with Gasteiger partial charge < -0.3 is 9.47 Å². The van der Waals surface area contributed by atoms with E-state index in [-0.39, 0.29) is 39.9 Å². The number of anilines is 1. The van der Waals surface area contributed by atoms with Crippen LogP contribution in [0.5, 0.6) is 0 Å². The first-order chi connectivity index (χ1) is 13.3. The molecule has 0 saturated carbocycles. The predicted molar refractivity (Wildman–Crippen MR) is 103 cm³/mol. The van der Waals surface area contributed by atoms with Gasteiger partial charge in [0.1, 0.15) is 11.5 Å². The van der Waals surface area contributed by atoms with Crippen molar-refractivity contribution < 1.29 is 14.1 Å². The maximum atomic E-state index is 14.1. The molecule has 3 rings (SSSR count). The van der Waals surface area contributed by atoms with E-state index in [0.29, 0.717) is 0 Å². The van der Waals surface area contributed by atoms with Gasteiger partial charge in [-0.1, -0.05) is 17.7 Å². The zero-order chi connectivity index (χ0) is 20.4. The van der Waals surface area contributed by atoms with Gasteiger partial charge in [0.15, 0.2) is 5.82 Å². The molecule has 0 atom stereocenters. The number of halogens is 2. The predicted octanol–water partition coefficient (Wildman–Crippen LogP) is 3.99. The first kappa shape index (κ1) is 19.5. The number of imidazole rings is 1. The Morgan fingerprint density at radius 3 is 2.71 bits per heavy atom. The van der Waals surface area contributed by atoms with Crippen LogP contribution in [-0.2, 0) is 13.6 Å². The molecule has 0 unspecified atom stereocenters. The van der Waals surface area contributed by atoms with Crippen LogP contribution in [0.2, 0.25) is 5.02 Å². The van der Waals surface area contributed by atoms with Crippen molar-refractivity contribution >= 4 is 28.8 Å². The lowest BCUT2D eigenvalue weighted by Gasteiger charge is -2.20. The smallest absolute Gasteiger partial charge is 0.293 e. The van der Waals surface area contributed by atoms with Crippen LogP contribution in [0.3, 0.4) is 0 Å². The van der Waals surface area contributed by atoms with E-state index in [4.69, 9.17) is 11.6 Å². The number of carbonyl (C=O) groups excluding carboxylic acids is 1. The zero-order valence-corrected chi connectivity index (χ0v) is 15.9. The number of hydrogen-bond donors (Lipinski definition) is 0. The molecule has 7 nitrogen and oxygen atoms in total. The largest absolute Gasteiger partial charge is 0.365 e. The average molecular weight is 403 g/mol. The molecule has 0 saturated heterocycles. The molecule has 0 N–H and O–H groups in total. The number of rotatable bonds is 6. The van der Waals surface area contributed by atoms with Gasteiger partial charge in [-0.3, -0.25) is 14.9 Å². The molecule has 1 heterocycles. The molecule has 0 radical (unpaired) electrons. The van der Waals surface area contributed by atoms with Crippen molar-refractivity contribution in [1.82, 2.24) is 9.55 Å². The minimum Gasteiger partial charge on any atom is -0.365 e. The van der Waals surface area contributed by atoms with Crippen molar-refractivity contribution in [2.45, 2.75) is 6.54 Å². The summed E-state index contributed by atoms with van der Waals surface area (Å²) in [6.07, 6.45) is 3.09. The van der Waals surface area contributed by atoms with Crippen LogP contribution in [0.1, 0.15) is 21.7 Å². The molecule has 0 aliphatic heterocycles. The molecule has 3 aromatic rings. The van der Waals surface area contributed by atoms with Crippen LogP contribution in [0, 0.1) is 15.9 Å². The van der Waals surface area contributed by atoms with Crippen molar-refractivity contribution in [2.75, 3.05) is 11.9 Å². The Morgan fingerprint density at radius 1 is 1.36 bits per heavy atom. The molecule has 2 aromatic carbocycles. The second-order valence-electron chi connectivity index (χ2n) is 6.21. The van der Waals surface area contributed by atoms with E-state index in [1.807, 2.05) is 0 Å². The van der Waals surface area contributed by atoms with Gasteiger partial charge in [0.25, 0.3) is 5.69 Å². The molecule has 144 valence electrons. The van der Waals surface area contributed by atoms with Crippen LogP contribution in [0.4, 0.5) is 15.8 Å². The summed E-state index contributed by atoms with van der Waals surface area (Å²) in [4.78, 5) is 29.1. The molecule has 0 bridgehead atoms. The highest BCUT2D eigenvalue weighted by atomic mass is 35.5. The molecule has 0 fully saturated rings. The first-order valence-corrected chi connectivity index (χ1v) is 8.62. The fourth-order valence-corrected chi connectivity index (χ4v) is 3.08. The summed E-state index contributed by atoms with van der Waals surface area (Å²) in [5, 5.41) is 11.8. The van der Waals surface area contributed by atoms with Gasteiger partial charge in [0, 0.05) is 55.2 Å². The molecule has 0 spiro atoms. The van der Waals surface area contributed by atoms with Crippen molar-refractivity contribution in [1.29, 1.82) is 0 Å². The van der Waals surface area contributed by atoms with Gasteiger partial charge in [0.05, 0.1) is 4.92 Å². The molecule has 9 heteroatoms. The molecule has 0 amide bonds. The average Bonchev–Trinajstić information content (AvgIpc) is 3.09. The van der Waals surface area contributed by atoms with Crippen LogP contribution in [0.25, 0.3) is 0 Å². The fraction of sp³-hybridized carbons (Fsp3) is 0.158. The number of aryl methyl sites for hydroxylation is 1. The maximum Gasteiger partial charge on any atom is 0.293 e. The summed E-state index contributed by atoms with van der Waals surface area (Å²) in [6.45, 7) is 0.0268. The van der Waals surface area contributed by atoms with Crippen molar-refractivity contribution in [3.63, 3.8) is 0 Å². The Balaban J connectivity index is 1.96. The number of nitro benzene ring substituents is 1. The number of benzene rings is 2. The Labute approximate surface area is 165 Å². The summed E-state index contributed by atoms with van der Waals surface area (Å²) in [5.74, 6) is -0.751. The Kier molecular flexibility index (Phi) is 5.41. The minimum atomic E-state index is -0.579.